The Bertz CT molecular complexity index is 1160. The zero-order valence-corrected chi connectivity index (χ0v) is 18.9. The summed E-state index contributed by atoms with van der Waals surface area (Å²) in [5.74, 6) is 0.929. The Kier molecular flexibility index (Phi) is 6.36. The Balaban J connectivity index is 1.52. The van der Waals surface area contributed by atoms with Crippen LogP contribution < -0.4 is 15.2 Å². The first-order valence-corrected chi connectivity index (χ1v) is 10.9. The van der Waals surface area contributed by atoms with Gasteiger partial charge in [0, 0.05) is 24.2 Å². The van der Waals surface area contributed by atoms with Crippen molar-refractivity contribution in [1.29, 1.82) is 0 Å². The van der Waals surface area contributed by atoms with Crippen LogP contribution in [0.1, 0.15) is 22.3 Å². The Morgan fingerprint density at radius 1 is 0.970 bits per heavy atom. The van der Waals surface area contributed by atoms with E-state index in [4.69, 9.17) is 15.2 Å². The van der Waals surface area contributed by atoms with E-state index in [9.17, 15) is 9.59 Å². The molecule has 0 radical (unpaired) electrons. The third-order valence-corrected chi connectivity index (χ3v) is 6.39. The smallest absolute Gasteiger partial charge is 0.254 e. The Hall–Kier alpha value is -3.80. The Labute approximate surface area is 193 Å². The van der Waals surface area contributed by atoms with Crippen LogP contribution in [0.3, 0.4) is 0 Å². The van der Waals surface area contributed by atoms with E-state index in [2.05, 4.69) is 0 Å². The van der Waals surface area contributed by atoms with Crippen molar-refractivity contribution < 1.29 is 19.1 Å². The van der Waals surface area contributed by atoms with Crippen LogP contribution in [-0.4, -0.2) is 44.0 Å². The third-order valence-electron chi connectivity index (χ3n) is 6.39. The molecule has 1 heterocycles. The molecule has 0 saturated carbocycles. The van der Waals surface area contributed by atoms with Gasteiger partial charge in [-0.05, 0) is 48.2 Å². The minimum Gasteiger partial charge on any atom is -0.497 e. The number of carbonyl (C=O) groups excluding carboxylic acids is 2. The van der Waals surface area contributed by atoms with Crippen molar-refractivity contribution in [2.75, 3.05) is 27.3 Å². The number of ether oxygens (including phenoxy) is 2. The molecule has 2 N–H and O–H groups in total. The lowest BCUT2D eigenvalue weighted by Crippen LogP contribution is -2.42. The van der Waals surface area contributed by atoms with E-state index in [0.29, 0.717) is 37.2 Å². The summed E-state index contributed by atoms with van der Waals surface area (Å²) < 4.78 is 10.7. The topological polar surface area (TPSA) is 81.9 Å². The van der Waals surface area contributed by atoms with Crippen molar-refractivity contribution in [1.82, 2.24) is 4.90 Å². The Morgan fingerprint density at radius 3 is 2.42 bits per heavy atom. The molecule has 0 spiro atoms. The minimum atomic E-state index is -0.791. The van der Waals surface area contributed by atoms with E-state index in [-0.39, 0.29) is 11.8 Å². The number of nitrogens with zero attached hydrogens (tertiary/aromatic N) is 1. The molecule has 3 aromatic carbocycles. The van der Waals surface area contributed by atoms with Crippen LogP contribution in [0.5, 0.6) is 11.5 Å². The van der Waals surface area contributed by atoms with Crippen LogP contribution in [0.15, 0.2) is 72.8 Å². The second kappa shape index (κ2) is 9.36. The highest BCUT2D eigenvalue weighted by Crippen LogP contribution is 2.36. The van der Waals surface area contributed by atoms with Crippen molar-refractivity contribution in [3.05, 3.63) is 83.9 Å². The molecule has 1 aliphatic heterocycles. The third kappa shape index (κ3) is 4.55. The van der Waals surface area contributed by atoms with Gasteiger partial charge in [0.15, 0.2) is 0 Å². The average Bonchev–Trinajstić information content (AvgIpc) is 3.29. The number of hydrogen-bond acceptors (Lipinski definition) is 4. The van der Waals surface area contributed by atoms with Crippen molar-refractivity contribution >= 4 is 11.8 Å². The highest BCUT2D eigenvalue weighted by molar-refractivity contribution is 5.95. The first-order chi connectivity index (χ1) is 16.0. The first-order valence-electron chi connectivity index (χ1n) is 10.9. The molecule has 1 saturated heterocycles. The van der Waals surface area contributed by atoms with Gasteiger partial charge in [0.2, 0.25) is 5.91 Å². The van der Waals surface area contributed by atoms with Crippen molar-refractivity contribution in [3.63, 3.8) is 0 Å². The van der Waals surface area contributed by atoms with Crippen LogP contribution in [0.2, 0.25) is 0 Å². The van der Waals surface area contributed by atoms with Gasteiger partial charge in [0.05, 0.1) is 19.6 Å². The summed E-state index contributed by atoms with van der Waals surface area (Å²) in [5, 5.41) is 0. The molecule has 1 atom stereocenters. The van der Waals surface area contributed by atoms with E-state index in [1.165, 1.54) is 0 Å². The maximum absolute atomic E-state index is 13.0. The average molecular weight is 445 g/mol. The van der Waals surface area contributed by atoms with Gasteiger partial charge in [-0.3, -0.25) is 9.59 Å². The quantitative estimate of drug-likeness (QED) is 0.599. The fourth-order valence-corrected chi connectivity index (χ4v) is 4.49. The van der Waals surface area contributed by atoms with Gasteiger partial charge >= 0.3 is 0 Å². The van der Waals surface area contributed by atoms with Gasteiger partial charge in [-0.2, -0.15) is 0 Å². The number of methoxy groups -OCH3 is 2. The standard InChI is InChI=1S/C27H28N2O4/c1-32-22-7-5-6-21(16-22)25(30)29-15-14-27(18-29,26(28)31)17-19-10-12-20(13-11-19)23-8-3-4-9-24(23)33-2/h3-13,16H,14-15,17-18H2,1-2H3,(H2,28,31). The normalized spacial score (nSPS) is 17.6. The monoisotopic (exact) mass is 444 g/mol. The van der Waals surface area contributed by atoms with Crippen LogP contribution in [-0.2, 0) is 11.2 Å². The van der Waals surface area contributed by atoms with Crippen LogP contribution in [0.4, 0.5) is 0 Å². The summed E-state index contributed by atoms with van der Waals surface area (Å²) in [7, 11) is 3.22. The van der Waals surface area contributed by atoms with E-state index in [1.54, 1.807) is 43.4 Å². The summed E-state index contributed by atoms with van der Waals surface area (Å²) in [4.78, 5) is 27.3. The van der Waals surface area contributed by atoms with E-state index in [0.717, 1.165) is 22.4 Å². The Morgan fingerprint density at radius 2 is 1.73 bits per heavy atom. The largest absolute Gasteiger partial charge is 0.497 e. The lowest BCUT2D eigenvalue weighted by atomic mass is 9.80. The SMILES string of the molecule is COc1cccc(C(=O)N2CCC(Cc3ccc(-c4ccccc4OC)cc3)(C(N)=O)C2)c1. The molecule has 6 heteroatoms. The van der Waals surface area contributed by atoms with E-state index >= 15 is 0 Å². The van der Waals surface area contributed by atoms with Crippen LogP contribution in [0, 0.1) is 5.41 Å². The van der Waals surface area contributed by atoms with Gasteiger partial charge in [-0.15, -0.1) is 0 Å². The number of para-hydroxylation sites is 1. The lowest BCUT2D eigenvalue weighted by Gasteiger charge is -2.26. The molecule has 3 aromatic rings. The zero-order chi connectivity index (χ0) is 23.4. The highest BCUT2D eigenvalue weighted by Gasteiger charge is 2.44. The molecule has 0 bridgehead atoms. The fourth-order valence-electron chi connectivity index (χ4n) is 4.49. The van der Waals surface area contributed by atoms with Gasteiger partial charge in [0.25, 0.3) is 5.91 Å². The number of carbonyl (C=O) groups is 2. The minimum absolute atomic E-state index is 0.122. The number of amides is 2. The van der Waals surface area contributed by atoms with E-state index < -0.39 is 5.41 Å². The second-order valence-corrected chi connectivity index (χ2v) is 8.43. The number of likely N-dealkylation sites (tertiary alicyclic amines) is 1. The van der Waals surface area contributed by atoms with Gasteiger partial charge in [-0.25, -0.2) is 0 Å². The van der Waals surface area contributed by atoms with Crippen molar-refractivity contribution in [2.24, 2.45) is 11.1 Å². The summed E-state index contributed by atoms with van der Waals surface area (Å²) in [6, 6.07) is 23.0. The molecule has 4 rings (SSSR count). The fraction of sp³-hybridized carbons (Fsp3) is 0.259. The molecule has 6 nitrogen and oxygen atoms in total. The highest BCUT2D eigenvalue weighted by atomic mass is 16.5. The molecule has 33 heavy (non-hydrogen) atoms. The summed E-state index contributed by atoms with van der Waals surface area (Å²) in [5.41, 5.74) is 8.66. The molecular formula is C27H28N2O4. The molecule has 0 aromatic heterocycles. The number of benzene rings is 3. The number of primary amides is 1. The summed E-state index contributed by atoms with van der Waals surface area (Å²) in [6.45, 7) is 0.783. The molecule has 0 aliphatic carbocycles. The van der Waals surface area contributed by atoms with Crippen molar-refractivity contribution in [2.45, 2.75) is 12.8 Å². The van der Waals surface area contributed by atoms with Gasteiger partial charge < -0.3 is 20.1 Å². The maximum atomic E-state index is 13.0. The lowest BCUT2D eigenvalue weighted by molar-refractivity contribution is -0.126. The van der Waals surface area contributed by atoms with E-state index in [1.807, 2.05) is 48.5 Å². The number of rotatable bonds is 7. The molecule has 1 unspecified atom stereocenters. The predicted molar refractivity (Wildman–Crippen MR) is 127 cm³/mol. The zero-order valence-electron chi connectivity index (χ0n) is 18.9. The molecular weight excluding hydrogens is 416 g/mol. The summed E-state index contributed by atoms with van der Waals surface area (Å²) >= 11 is 0. The molecule has 2 amide bonds. The van der Waals surface area contributed by atoms with Crippen molar-refractivity contribution in [3.8, 4) is 22.6 Å². The maximum Gasteiger partial charge on any atom is 0.254 e. The predicted octanol–water partition coefficient (Wildman–Crippen LogP) is 3.93. The van der Waals surface area contributed by atoms with Crippen LogP contribution in [0.25, 0.3) is 11.1 Å². The molecule has 1 aliphatic rings. The first kappa shape index (κ1) is 22.4. The van der Waals surface area contributed by atoms with Gasteiger partial charge in [-0.1, -0.05) is 48.5 Å². The van der Waals surface area contributed by atoms with Crippen LogP contribution >= 0.6 is 0 Å². The number of nitrogens with two attached hydrogens (primary N) is 1. The second-order valence-electron chi connectivity index (χ2n) is 8.43. The molecule has 170 valence electrons. The summed E-state index contributed by atoms with van der Waals surface area (Å²) in [6.07, 6.45) is 1.02. The van der Waals surface area contributed by atoms with Gasteiger partial charge in [0.1, 0.15) is 11.5 Å². The number of hydrogen-bond donors (Lipinski definition) is 1. The molecule has 1 fully saturated rings.